The van der Waals surface area contributed by atoms with Gasteiger partial charge in [-0.15, -0.1) is 0 Å². The van der Waals surface area contributed by atoms with Gasteiger partial charge in [0.25, 0.3) is 0 Å². The molecule has 184 valence electrons. The van der Waals surface area contributed by atoms with E-state index in [0.29, 0.717) is 19.7 Å². The zero-order chi connectivity index (χ0) is 27.6. The molecule has 0 N–H and O–H groups in total. The molecule has 8 nitrogen and oxygen atoms in total. The maximum atomic E-state index is 13.2. The van der Waals surface area contributed by atoms with Gasteiger partial charge in [-0.3, -0.25) is 0 Å². The van der Waals surface area contributed by atoms with Crippen molar-refractivity contribution in [2.45, 2.75) is 18.8 Å². The summed E-state index contributed by atoms with van der Waals surface area (Å²) in [4.78, 5) is 26.3. The van der Waals surface area contributed by atoms with Gasteiger partial charge in [0.2, 0.25) is 0 Å². The lowest BCUT2D eigenvalue weighted by Crippen LogP contribution is -2.36. The Kier molecular flexibility index (Phi) is 7.33. The van der Waals surface area contributed by atoms with Gasteiger partial charge in [-0.25, -0.2) is 9.59 Å². The molecule has 2 heterocycles. The van der Waals surface area contributed by atoms with E-state index >= 15 is 0 Å². The molecule has 4 rings (SSSR count). The number of fused-ring (bicyclic) bond motifs is 2. The minimum absolute atomic E-state index is 0.0240. The molecule has 0 fully saturated rings. The van der Waals surface area contributed by atoms with E-state index in [1.807, 2.05) is 12.1 Å². The van der Waals surface area contributed by atoms with Gasteiger partial charge in [-0.05, 0) is 48.4 Å². The topological polar surface area (TPSA) is 156 Å². The maximum Gasteiger partial charge on any atom is 0.343 e. The molecular weight excluding hydrogens is 616 g/mol. The molecule has 0 radical (unpaired) electrons. The number of nitrogens with zero attached hydrogens (tertiary/aromatic N) is 4. The van der Waals surface area contributed by atoms with Gasteiger partial charge in [0.05, 0.1) is 17.7 Å². The van der Waals surface area contributed by atoms with Gasteiger partial charge < -0.3 is 8.83 Å². The predicted molar refractivity (Wildman–Crippen MR) is 145 cm³/mol. The summed E-state index contributed by atoms with van der Waals surface area (Å²) in [7, 11) is 0. The summed E-state index contributed by atoms with van der Waals surface area (Å²) < 4.78 is 12.2. The van der Waals surface area contributed by atoms with Gasteiger partial charge in [0.1, 0.15) is 34.8 Å². The molecule has 0 aliphatic carbocycles. The summed E-state index contributed by atoms with van der Waals surface area (Å²) in [6, 6.07) is 20.4. The third-order valence-electron chi connectivity index (χ3n) is 6.35. The first-order chi connectivity index (χ1) is 18.2. The fourth-order valence-corrected chi connectivity index (χ4v) is 5.25. The van der Waals surface area contributed by atoms with Crippen molar-refractivity contribution in [3.63, 3.8) is 0 Å². The van der Waals surface area contributed by atoms with E-state index in [1.54, 1.807) is 48.5 Å². The molecule has 1 unspecified atom stereocenters. The number of nitriles is 4. The van der Waals surface area contributed by atoms with Crippen LogP contribution in [0.5, 0.6) is 0 Å². The Labute approximate surface area is 232 Å². The Hall–Kier alpha value is -4.48. The maximum absolute atomic E-state index is 13.2. The molecule has 0 aliphatic rings. The first-order valence-electron chi connectivity index (χ1n) is 11.0. The third kappa shape index (κ3) is 4.53. The molecular formula is C28H14Br2N4O4. The summed E-state index contributed by atoms with van der Waals surface area (Å²) >= 11 is 6.83. The van der Waals surface area contributed by atoms with Crippen LogP contribution in [0.1, 0.15) is 24.5 Å². The third-order valence-corrected chi connectivity index (χ3v) is 7.74. The minimum atomic E-state index is -1.60. The van der Waals surface area contributed by atoms with Crippen molar-refractivity contribution in [2.75, 3.05) is 0 Å². The Morgan fingerprint density at radius 3 is 1.92 bits per heavy atom. The molecule has 2 aromatic heterocycles. The molecule has 0 spiro atoms. The van der Waals surface area contributed by atoms with Crippen LogP contribution in [0.3, 0.4) is 0 Å². The van der Waals surface area contributed by atoms with E-state index in [1.165, 1.54) is 19.1 Å². The predicted octanol–water partition coefficient (Wildman–Crippen LogP) is 6.24. The molecule has 10 heteroatoms. The number of rotatable bonds is 5. The van der Waals surface area contributed by atoms with Crippen LogP contribution in [0.25, 0.3) is 27.5 Å². The molecule has 0 saturated heterocycles. The Morgan fingerprint density at radius 1 is 0.868 bits per heavy atom. The summed E-state index contributed by atoms with van der Waals surface area (Å²) in [6.45, 7) is 1.49. The average Bonchev–Trinajstić information content (AvgIpc) is 2.89. The van der Waals surface area contributed by atoms with E-state index in [2.05, 4.69) is 31.9 Å². The van der Waals surface area contributed by atoms with E-state index in [-0.39, 0.29) is 34.3 Å². The highest BCUT2D eigenvalue weighted by molar-refractivity contribution is 9.11. The van der Waals surface area contributed by atoms with Gasteiger partial charge in [0, 0.05) is 30.7 Å². The smallest absolute Gasteiger partial charge is 0.343 e. The van der Waals surface area contributed by atoms with Crippen molar-refractivity contribution in [1.29, 1.82) is 21.0 Å². The second-order valence-corrected chi connectivity index (χ2v) is 10.3. The Balaban J connectivity index is 2.06. The molecule has 4 aromatic rings. The van der Waals surface area contributed by atoms with Crippen molar-refractivity contribution < 1.29 is 8.83 Å². The molecule has 2 aromatic carbocycles. The second-order valence-electron chi connectivity index (χ2n) is 8.56. The standard InChI is InChI=1S/C28H14Br2N4O4/c1-28(16(13-33)14-34,21-9-19-23(30)5-3-7-25(19)38-27(21)36)10-20(15(11-31)12-32)17-8-18-22(29)4-2-6-24(18)37-26(17)35/h2-9,16H,10H2,1H3. The summed E-state index contributed by atoms with van der Waals surface area (Å²) in [5.41, 5.74) is -3.27. The fraction of sp³-hybridized carbons (Fsp3) is 0.143. The van der Waals surface area contributed by atoms with Crippen LogP contribution in [-0.2, 0) is 5.41 Å². The molecule has 38 heavy (non-hydrogen) atoms. The highest BCUT2D eigenvalue weighted by Crippen LogP contribution is 2.41. The number of benzene rings is 2. The number of hydrogen-bond donors (Lipinski definition) is 0. The monoisotopic (exact) mass is 628 g/mol. The van der Waals surface area contributed by atoms with Gasteiger partial charge in [-0.1, -0.05) is 50.9 Å². The highest BCUT2D eigenvalue weighted by atomic mass is 79.9. The largest absolute Gasteiger partial charge is 0.422 e. The Morgan fingerprint density at radius 2 is 1.39 bits per heavy atom. The summed E-state index contributed by atoms with van der Waals surface area (Å²) in [5.74, 6) is -1.42. The van der Waals surface area contributed by atoms with Crippen molar-refractivity contribution in [3.8, 4) is 24.3 Å². The molecule has 0 amide bonds. The van der Waals surface area contributed by atoms with Crippen LogP contribution in [0.4, 0.5) is 0 Å². The first kappa shape index (κ1) is 26.6. The van der Waals surface area contributed by atoms with Crippen LogP contribution in [-0.4, -0.2) is 0 Å². The minimum Gasteiger partial charge on any atom is -0.422 e. The summed E-state index contributed by atoms with van der Waals surface area (Å²) in [5, 5.41) is 40.4. The van der Waals surface area contributed by atoms with Crippen molar-refractivity contribution in [2.24, 2.45) is 5.92 Å². The van der Waals surface area contributed by atoms with Gasteiger partial charge in [0.15, 0.2) is 0 Å². The van der Waals surface area contributed by atoms with Crippen molar-refractivity contribution in [3.05, 3.63) is 95.0 Å². The van der Waals surface area contributed by atoms with E-state index in [9.17, 15) is 30.6 Å². The van der Waals surface area contributed by atoms with E-state index < -0.39 is 28.2 Å². The highest BCUT2D eigenvalue weighted by Gasteiger charge is 2.42. The molecule has 1 atom stereocenters. The van der Waals surface area contributed by atoms with Crippen LogP contribution in [0.2, 0.25) is 0 Å². The molecule has 0 saturated carbocycles. The number of halogens is 2. The second kappa shape index (κ2) is 10.5. The van der Waals surface area contributed by atoms with Crippen molar-refractivity contribution >= 4 is 59.4 Å². The first-order valence-corrected chi connectivity index (χ1v) is 12.5. The number of hydrogen-bond acceptors (Lipinski definition) is 8. The molecule has 0 aliphatic heterocycles. The number of allylic oxidation sites excluding steroid dienone is 2. The lowest BCUT2D eigenvalue weighted by molar-refractivity contribution is 0.401. The molecule has 0 bridgehead atoms. The summed E-state index contributed by atoms with van der Waals surface area (Å²) in [6.07, 6.45) is -0.364. The lowest BCUT2D eigenvalue weighted by Gasteiger charge is -2.31. The fourth-order valence-electron chi connectivity index (χ4n) is 4.33. The quantitative estimate of drug-likeness (QED) is 0.186. The van der Waals surface area contributed by atoms with Crippen LogP contribution >= 0.6 is 31.9 Å². The average molecular weight is 630 g/mol. The SMILES string of the molecule is CC(CC(=C(C#N)C#N)c1cc2c(Br)cccc2oc1=O)(c1cc2c(Br)cccc2oc1=O)C(C#N)C#N. The van der Waals surface area contributed by atoms with Crippen LogP contribution in [0.15, 0.2) is 81.5 Å². The van der Waals surface area contributed by atoms with Crippen LogP contribution in [0, 0.1) is 51.2 Å². The van der Waals surface area contributed by atoms with Crippen LogP contribution < -0.4 is 11.3 Å². The van der Waals surface area contributed by atoms with E-state index in [4.69, 9.17) is 8.83 Å². The van der Waals surface area contributed by atoms with Gasteiger partial charge in [-0.2, -0.15) is 21.0 Å². The van der Waals surface area contributed by atoms with Gasteiger partial charge >= 0.3 is 11.3 Å². The zero-order valence-electron chi connectivity index (χ0n) is 19.6. The zero-order valence-corrected chi connectivity index (χ0v) is 22.8. The Bertz CT molecular complexity index is 1920. The lowest BCUT2D eigenvalue weighted by atomic mass is 9.68. The van der Waals surface area contributed by atoms with Crippen molar-refractivity contribution in [1.82, 2.24) is 0 Å². The van der Waals surface area contributed by atoms with E-state index in [0.717, 1.165) is 0 Å². The normalized spacial score (nSPS) is 12.2.